The van der Waals surface area contributed by atoms with Crippen LogP contribution in [0.3, 0.4) is 0 Å². The molecule has 1 aliphatic rings. The van der Waals surface area contributed by atoms with Crippen LogP contribution in [0.4, 0.5) is 5.95 Å². The summed E-state index contributed by atoms with van der Waals surface area (Å²) in [5.41, 5.74) is 2.72. The molecule has 0 unspecified atom stereocenters. The van der Waals surface area contributed by atoms with Crippen LogP contribution in [-0.2, 0) is 6.42 Å². The molecule has 28 heavy (non-hydrogen) atoms. The summed E-state index contributed by atoms with van der Waals surface area (Å²) < 4.78 is 0. The third kappa shape index (κ3) is 4.39. The molecule has 0 aromatic carbocycles. The van der Waals surface area contributed by atoms with E-state index in [4.69, 9.17) is 0 Å². The van der Waals surface area contributed by atoms with Gasteiger partial charge in [0, 0.05) is 62.9 Å². The second-order valence-electron chi connectivity index (χ2n) is 7.02. The third-order valence-electron chi connectivity index (χ3n) is 5.14. The SMILES string of the molecule is CCc1c(C(=O)NCCN2CCN(c3ncccn3)CC2)[nH]c(C)c1C(C)=O. The Bertz CT molecular complexity index is 825. The van der Waals surface area contributed by atoms with Gasteiger partial charge in [-0.05, 0) is 31.9 Å². The molecule has 3 heterocycles. The van der Waals surface area contributed by atoms with Crippen LogP contribution in [0.25, 0.3) is 0 Å². The minimum atomic E-state index is -0.149. The van der Waals surface area contributed by atoms with E-state index in [2.05, 4.69) is 30.1 Å². The van der Waals surface area contributed by atoms with E-state index in [0.717, 1.165) is 49.9 Å². The highest BCUT2D eigenvalue weighted by Gasteiger charge is 2.22. The number of amides is 1. The molecule has 3 rings (SSSR count). The number of anilines is 1. The predicted molar refractivity (Wildman–Crippen MR) is 108 cm³/mol. The Morgan fingerprint density at radius 3 is 2.46 bits per heavy atom. The number of aryl methyl sites for hydroxylation is 1. The first kappa shape index (κ1) is 20.0. The maximum Gasteiger partial charge on any atom is 0.268 e. The van der Waals surface area contributed by atoms with Gasteiger partial charge in [0.05, 0.1) is 0 Å². The van der Waals surface area contributed by atoms with Gasteiger partial charge in [-0.1, -0.05) is 6.92 Å². The predicted octanol–water partition coefficient (Wildman–Crippen LogP) is 1.43. The van der Waals surface area contributed by atoms with Crippen LogP contribution in [-0.4, -0.2) is 70.8 Å². The van der Waals surface area contributed by atoms with Gasteiger partial charge in [0.25, 0.3) is 5.91 Å². The van der Waals surface area contributed by atoms with E-state index in [0.29, 0.717) is 24.2 Å². The van der Waals surface area contributed by atoms with Crippen LogP contribution in [0.15, 0.2) is 18.5 Å². The molecular weight excluding hydrogens is 356 g/mol. The number of hydrogen-bond donors (Lipinski definition) is 2. The molecule has 0 saturated carbocycles. The van der Waals surface area contributed by atoms with Gasteiger partial charge in [0.1, 0.15) is 5.69 Å². The summed E-state index contributed by atoms with van der Waals surface area (Å²) in [5.74, 6) is 0.611. The van der Waals surface area contributed by atoms with E-state index in [9.17, 15) is 9.59 Å². The van der Waals surface area contributed by atoms with Crippen molar-refractivity contribution in [1.29, 1.82) is 0 Å². The maximum absolute atomic E-state index is 12.6. The Labute approximate surface area is 165 Å². The van der Waals surface area contributed by atoms with Gasteiger partial charge in [0.15, 0.2) is 5.78 Å². The summed E-state index contributed by atoms with van der Waals surface area (Å²) in [6.45, 7) is 10.2. The number of rotatable bonds is 7. The van der Waals surface area contributed by atoms with Gasteiger partial charge in [0.2, 0.25) is 5.95 Å². The Kier molecular flexibility index (Phi) is 6.41. The molecule has 2 N–H and O–H groups in total. The summed E-state index contributed by atoms with van der Waals surface area (Å²) in [7, 11) is 0. The normalized spacial score (nSPS) is 14.9. The Hall–Kier alpha value is -2.74. The fraction of sp³-hybridized carbons (Fsp3) is 0.500. The van der Waals surface area contributed by atoms with Crippen LogP contribution in [0.2, 0.25) is 0 Å². The highest BCUT2D eigenvalue weighted by atomic mass is 16.2. The summed E-state index contributed by atoms with van der Waals surface area (Å²) in [4.78, 5) is 40.6. The number of hydrogen-bond acceptors (Lipinski definition) is 6. The van der Waals surface area contributed by atoms with Gasteiger partial charge in [-0.25, -0.2) is 9.97 Å². The molecular formula is C20H28N6O2. The van der Waals surface area contributed by atoms with Crippen LogP contribution >= 0.6 is 0 Å². The number of ketones is 1. The third-order valence-corrected chi connectivity index (χ3v) is 5.14. The number of Topliss-reactive ketones (excluding diaryl/α,β-unsaturated/α-hetero) is 1. The lowest BCUT2D eigenvalue weighted by atomic mass is 10.0. The minimum Gasteiger partial charge on any atom is -0.354 e. The molecule has 0 atom stereocenters. The number of H-pyrrole nitrogens is 1. The molecule has 1 amide bonds. The van der Waals surface area contributed by atoms with E-state index in [1.165, 1.54) is 6.92 Å². The van der Waals surface area contributed by atoms with E-state index in [-0.39, 0.29) is 11.7 Å². The lowest BCUT2D eigenvalue weighted by molar-refractivity contribution is 0.0942. The molecule has 0 spiro atoms. The molecule has 1 fully saturated rings. The lowest BCUT2D eigenvalue weighted by Gasteiger charge is -2.34. The fourth-order valence-electron chi connectivity index (χ4n) is 3.74. The number of carbonyl (C=O) groups excluding carboxylic acids is 2. The quantitative estimate of drug-likeness (QED) is 0.702. The number of nitrogens with one attached hydrogen (secondary N) is 2. The van der Waals surface area contributed by atoms with Gasteiger partial charge < -0.3 is 15.2 Å². The summed E-state index contributed by atoms with van der Waals surface area (Å²) >= 11 is 0. The Morgan fingerprint density at radius 2 is 1.86 bits per heavy atom. The van der Waals surface area contributed by atoms with Crippen molar-refractivity contribution in [3.8, 4) is 0 Å². The highest BCUT2D eigenvalue weighted by Crippen LogP contribution is 2.20. The van der Waals surface area contributed by atoms with Crippen molar-refractivity contribution < 1.29 is 9.59 Å². The van der Waals surface area contributed by atoms with Crippen molar-refractivity contribution >= 4 is 17.6 Å². The molecule has 2 aromatic heterocycles. The van der Waals surface area contributed by atoms with E-state index < -0.39 is 0 Å². The van der Waals surface area contributed by atoms with Gasteiger partial charge in [-0.2, -0.15) is 0 Å². The van der Waals surface area contributed by atoms with Crippen molar-refractivity contribution in [1.82, 2.24) is 25.2 Å². The van der Waals surface area contributed by atoms with E-state index in [1.54, 1.807) is 12.4 Å². The first-order valence-corrected chi connectivity index (χ1v) is 9.76. The zero-order chi connectivity index (χ0) is 20.1. The Balaban J connectivity index is 1.49. The Morgan fingerprint density at radius 1 is 1.18 bits per heavy atom. The summed E-state index contributed by atoms with van der Waals surface area (Å²) in [6.07, 6.45) is 4.16. The number of aromatic nitrogens is 3. The average molecular weight is 384 g/mol. The zero-order valence-corrected chi connectivity index (χ0v) is 16.8. The average Bonchev–Trinajstić information content (AvgIpc) is 3.05. The second kappa shape index (κ2) is 8.97. The number of nitrogens with zero attached hydrogens (tertiary/aromatic N) is 4. The summed E-state index contributed by atoms with van der Waals surface area (Å²) in [6, 6.07) is 1.82. The topological polar surface area (TPSA) is 94.2 Å². The number of piperazine rings is 1. The zero-order valence-electron chi connectivity index (χ0n) is 16.8. The first-order valence-electron chi connectivity index (χ1n) is 9.76. The maximum atomic E-state index is 12.6. The van der Waals surface area contributed by atoms with Crippen LogP contribution in [0.1, 0.15) is 46.0 Å². The van der Waals surface area contributed by atoms with Crippen molar-refractivity contribution in [2.75, 3.05) is 44.2 Å². The van der Waals surface area contributed by atoms with Crippen LogP contribution in [0.5, 0.6) is 0 Å². The minimum absolute atomic E-state index is 0.00934. The lowest BCUT2D eigenvalue weighted by Crippen LogP contribution is -2.49. The molecule has 0 bridgehead atoms. The molecule has 0 radical (unpaired) electrons. The molecule has 0 aliphatic carbocycles. The molecule has 2 aromatic rings. The van der Waals surface area contributed by atoms with Crippen molar-refractivity contribution in [3.05, 3.63) is 41.0 Å². The van der Waals surface area contributed by atoms with Gasteiger partial charge in [-0.15, -0.1) is 0 Å². The van der Waals surface area contributed by atoms with Crippen LogP contribution < -0.4 is 10.2 Å². The number of aromatic amines is 1. The van der Waals surface area contributed by atoms with Crippen LogP contribution in [0, 0.1) is 6.92 Å². The largest absolute Gasteiger partial charge is 0.354 e. The van der Waals surface area contributed by atoms with Crippen molar-refractivity contribution in [3.63, 3.8) is 0 Å². The fourth-order valence-corrected chi connectivity index (χ4v) is 3.74. The molecule has 8 nitrogen and oxygen atoms in total. The number of carbonyl (C=O) groups is 2. The van der Waals surface area contributed by atoms with Crippen molar-refractivity contribution in [2.45, 2.75) is 27.2 Å². The monoisotopic (exact) mass is 384 g/mol. The highest BCUT2D eigenvalue weighted by molar-refractivity contribution is 6.02. The summed E-state index contributed by atoms with van der Waals surface area (Å²) in [5, 5.41) is 2.98. The van der Waals surface area contributed by atoms with Gasteiger partial charge >= 0.3 is 0 Å². The van der Waals surface area contributed by atoms with Gasteiger partial charge in [-0.3, -0.25) is 14.5 Å². The molecule has 1 aliphatic heterocycles. The molecule has 150 valence electrons. The van der Waals surface area contributed by atoms with Crippen molar-refractivity contribution in [2.24, 2.45) is 0 Å². The first-order chi connectivity index (χ1) is 13.5. The second-order valence-corrected chi connectivity index (χ2v) is 7.02. The molecule has 8 heteroatoms. The molecule has 1 saturated heterocycles. The van der Waals surface area contributed by atoms with E-state index >= 15 is 0 Å². The standard InChI is InChI=1S/C20H28N6O2/c1-4-16-17(15(3)27)14(2)24-18(16)19(28)21-8-9-25-10-12-26(13-11-25)20-22-6-5-7-23-20/h5-7,24H,4,8-13H2,1-3H3,(H,21,28). The van der Waals surface area contributed by atoms with E-state index in [1.807, 2.05) is 19.9 Å². The smallest absolute Gasteiger partial charge is 0.268 e.